The van der Waals surface area contributed by atoms with Crippen LogP contribution < -0.4 is 0 Å². The minimum absolute atomic E-state index is 0.663. The quantitative estimate of drug-likeness (QED) is 0.142. The van der Waals surface area contributed by atoms with E-state index in [1.54, 1.807) is 0 Å². The highest BCUT2D eigenvalue weighted by molar-refractivity contribution is 7.26. The molecule has 0 fully saturated rings. The Morgan fingerprint density at radius 2 is 0.684 bits per heavy atom. The minimum Gasteiger partial charge on any atom is -0.254 e. The molecule has 15 aromatic rings. The van der Waals surface area contributed by atoms with Crippen LogP contribution in [0.4, 0.5) is 0 Å². The number of thiophene rings is 2. The van der Waals surface area contributed by atoms with Gasteiger partial charge >= 0.3 is 0 Å². The summed E-state index contributed by atoms with van der Waals surface area (Å²) in [6.45, 7) is 0. The number of pyridine rings is 2. The highest BCUT2D eigenvalue weighted by Gasteiger charge is 2.17. The zero-order chi connectivity index (χ0) is 50.1. The van der Waals surface area contributed by atoms with Crippen molar-refractivity contribution in [3.05, 3.63) is 255 Å². The predicted octanol–water partition coefficient (Wildman–Crippen LogP) is 19.6. The molecule has 0 aliphatic carbocycles. The van der Waals surface area contributed by atoms with E-state index >= 15 is 0 Å². The monoisotopic (exact) mass is 1000 g/mol. The van der Waals surface area contributed by atoms with Crippen LogP contribution in [0.1, 0.15) is 0 Å². The molecule has 0 unspecified atom stereocenters. The summed E-state index contributed by atoms with van der Waals surface area (Å²) in [5.74, 6) is 0.663. The smallest absolute Gasteiger partial charge is 0.160 e. The van der Waals surface area contributed by atoms with Crippen molar-refractivity contribution in [1.82, 2.24) is 19.9 Å². The second-order valence-corrected chi connectivity index (χ2v) is 21.6. The third kappa shape index (κ3) is 7.91. The third-order valence-electron chi connectivity index (χ3n) is 14.7. The van der Waals surface area contributed by atoms with Crippen LogP contribution in [0.2, 0.25) is 0 Å². The second-order valence-electron chi connectivity index (χ2n) is 19.4. The van der Waals surface area contributed by atoms with E-state index in [0.29, 0.717) is 5.82 Å². The minimum atomic E-state index is 0.663. The summed E-state index contributed by atoms with van der Waals surface area (Å²) in [6.07, 6.45) is 1.83. The standard InChI is InChI=1S/C70H42N4S2/c1-2-11-47(12-3-1)70-73-62(44-24-22-43(23-25-44)61-31-28-46-27-26-45-17-10-34-71-68(45)69(46)72-61)42-63(74-70)56-38-54(50-15-8-13-48(35-50)52-29-32-66-59(40-52)57-18-4-6-20-64(57)75-66)37-55(39-56)51-16-9-14-49(36-51)53-30-33-67-60(41-53)58-19-5-7-21-65(58)76-67/h1-42H. The predicted molar refractivity (Wildman–Crippen MR) is 322 cm³/mol. The summed E-state index contributed by atoms with van der Waals surface area (Å²) >= 11 is 3.70. The van der Waals surface area contributed by atoms with Crippen LogP contribution in [-0.4, -0.2) is 19.9 Å². The first-order valence-electron chi connectivity index (χ1n) is 25.5. The molecule has 0 bridgehead atoms. The molecule has 0 saturated carbocycles. The highest BCUT2D eigenvalue weighted by Crippen LogP contribution is 2.41. The van der Waals surface area contributed by atoms with Gasteiger partial charge in [0.05, 0.1) is 28.1 Å². The lowest BCUT2D eigenvalue weighted by Crippen LogP contribution is -1.97. The van der Waals surface area contributed by atoms with Crippen LogP contribution in [0, 0.1) is 0 Å². The van der Waals surface area contributed by atoms with E-state index in [2.05, 4.69) is 224 Å². The maximum absolute atomic E-state index is 5.39. The molecule has 4 nitrogen and oxygen atoms in total. The number of hydrogen-bond donors (Lipinski definition) is 0. The Morgan fingerprint density at radius 3 is 1.30 bits per heavy atom. The Bertz CT molecular complexity index is 4590. The maximum atomic E-state index is 5.39. The molecule has 5 heterocycles. The molecule has 10 aromatic carbocycles. The third-order valence-corrected chi connectivity index (χ3v) is 17.0. The van der Waals surface area contributed by atoms with Gasteiger partial charge in [0, 0.05) is 79.6 Å². The zero-order valence-electron chi connectivity index (χ0n) is 40.9. The summed E-state index contributed by atoms with van der Waals surface area (Å²) < 4.78 is 5.21. The fraction of sp³-hybridized carbons (Fsp3) is 0. The van der Waals surface area contributed by atoms with Crippen LogP contribution in [0.25, 0.3) is 152 Å². The first-order chi connectivity index (χ1) is 37.6. The molecule has 0 amide bonds. The molecule has 0 spiro atoms. The van der Waals surface area contributed by atoms with Gasteiger partial charge in [-0.25, -0.2) is 15.0 Å². The van der Waals surface area contributed by atoms with Crippen LogP contribution in [0.15, 0.2) is 255 Å². The number of benzene rings is 10. The topological polar surface area (TPSA) is 51.6 Å². The molecule has 5 aromatic heterocycles. The van der Waals surface area contributed by atoms with Crippen LogP contribution in [-0.2, 0) is 0 Å². The summed E-state index contributed by atoms with van der Waals surface area (Å²) in [7, 11) is 0. The van der Waals surface area contributed by atoms with Crippen LogP contribution >= 0.6 is 22.7 Å². The Morgan fingerprint density at radius 1 is 0.237 bits per heavy atom. The van der Waals surface area contributed by atoms with Crippen LogP contribution in [0.5, 0.6) is 0 Å². The molecule has 0 saturated heterocycles. The van der Waals surface area contributed by atoms with Gasteiger partial charge in [-0.05, 0) is 129 Å². The normalized spacial score (nSPS) is 11.7. The van der Waals surface area contributed by atoms with Gasteiger partial charge in [0.1, 0.15) is 0 Å². The molecule has 0 atom stereocenters. The fourth-order valence-electron chi connectivity index (χ4n) is 10.8. The van der Waals surface area contributed by atoms with Crippen molar-refractivity contribution in [2.75, 3.05) is 0 Å². The van der Waals surface area contributed by atoms with Gasteiger partial charge in [0.25, 0.3) is 0 Å². The molecular weight excluding hydrogens is 961 g/mol. The number of aromatic nitrogens is 4. The molecule has 76 heavy (non-hydrogen) atoms. The average molecular weight is 1000 g/mol. The van der Waals surface area contributed by atoms with E-state index in [0.717, 1.165) is 83.4 Å². The van der Waals surface area contributed by atoms with Crippen molar-refractivity contribution in [3.8, 4) is 89.7 Å². The van der Waals surface area contributed by atoms with Crippen molar-refractivity contribution >= 4 is 84.8 Å². The number of nitrogens with zero attached hydrogens (tertiary/aromatic N) is 4. The lowest BCUT2D eigenvalue weighted by atomic mass is 9.91. The molecule has 0 aliphatic heterocycles. The molecule has 0 aliphatic rings. The largest absolute Gasteiger partial charge is 0.254 e. The van der Waals surface area contributed by atoms with Gasteiger partial charge < -0.3 is 0 Å². The van der Waals surface area contributed by atoms with E-state index in [1.165, 1.54) is 62.6 Å². The Kier molecular flexibility index (Phi) is 10.5. The molecule has 6 heteroatoms. The fourth-order valence-corrected chi connectivity index (χ4v) is 13.0. The Labute approximate surface area is 446 Å². The van der Waals surface area contributed by atoms with Gasteiger partial charge in [-0.2, -0.15) is 0 Å². The van der Waals surface area contributed by atoms with Crippen LogP contribution in [0.3, 0.4) is 0 Å². The van der Waals surface area contributed by atoms with E-state index in [9.17, 15) is 0 Å². The molecule has 0 radical (unpaired) electrons. The van der Waals surface area contributed by atoms with Gasteiger partial charge in [-0.15, -0.1) is 22.7 Å². The first-order valence-corrected chi connectivity index (χ1v) is 27.1. The van der Waals surface area contributed by atoms with E-state index in [1.807, 2.05) is 53.1 Å². The SMILES string of the molecule is c1ccc(-c2nc(-c3ccc(-c4ccc5ccc6cccnc6c5n4)cc3)cc(-c3cc(-c4cccc(-c5ccc6sc7ccccc7c6c5)c4)cc(-c4cccc(-c5ccc6sc7ccccc7c6c5)c4)c3)n2)cc1. The van der Waals surface area contributed by atoms with Crippen molar-refractivity contribution in [2.24, 2.45) is 0 Å². The van der Waals surface area contributed by atoms with Gasteiger partial charge in [0.15, 0.2) is 5.82 Å². The molecule has 354 valence electrons. The van der Waals surface area contributed by atoms with Crippen molar-refractivity contribution < 1.29 is 0 Å². The lowest BCUT2D eigenvalue weighted by Gasteiger charge is -2.15. The summed E-state index contributed by atoms with van der Waals surface area (Å²) in [5, 5.41) is 7.32. The number of hydrogen-bond acceptors (Lipinski definition) is 6. The first kappa shape index (κ1) is 44.1. The number of fused-ring (bicyclic) bond motifs is 9. The van der Waals surface area contributed by atoms with Gasteiger partial charge in [-0.3, -0.25) is 4.98 Å². The van der Waals surface area contributed by atoms with E-state index in [-0.39, 0.29) is 0 Å². The summed E-state index contributed by atoms with van der Waals surface area (Å²) in [5.41, 5.74) is 17.5. The van der Waals surface area contributed by atoms with E-state index in [4.69, 9.17) is 19.9 Å². The molecule has 0 N–H and O–H groups in total. The lowest BCUT2D eigenvalue weighted by molar-refractivity contribution is 1.18. The summed E-state index contributed by atoms with van der Waals surface area (Å²) in [4.78, 5) is 20.5. The Hall–Kier alpha value is -9.46. The number of rotatable bonds is 8. The zero-order valence-corrected chi connectivity index (χ0v) is 42.5. The maximum Gasteiger partial charge on any atom is 0.160 e. The van der Waals surface area contributed by atoms with Gasteiger partial charge in [0.2, 0.25) is 0 Å². The van der Waals surface area contributed by atoms with E-state index < -0.39 is 0 Å². The van der Waals surface area contributed by atoms with Crippen molar-refractivity contribution in [3.63, 3.8) is 0 Å². The van der Waals surface area contributed by atoms with Gasteiger partial charge in [-0.1, -0.05) is 164 Å². The second kappa shape index (κ2) is 18.2. The van der Waals surface area contributed by atoms with Crippen molar-refractivity contribution in [2.45, 2.75) is 0 Å². The average Bonchev–Trinajstić information content (AvgIpc) is 4.09. The Balaban J connectivity index is 0.870. The van der Waals surface area contributed by atoms with Crippen molar-refractivity contribution in [1.29, 1.82) is 0 Å². The highest BCUT2D eigenvalue weighted by atomic mass is 32.1. The molecular formula is C70H42N4S2. The summed E-state index contributed by atoms with van der Waals surface area (Å²) in [6, 6.07) is 89.6. The molecule has 15 rings (SSSR count).